The first-order valence-electron chi connectivity index (χ1n) is 5.76. The third-order valence-electron chi connectivity index (χ3n) is 2.78. The maximum Gasteiger partial charge on any atom is 0.417 e. The highest BCUT2D eigenvalue weighted by Crippen LogP contribution is 2.35. The quantitative estimate of drug-likeness (QED) is 0.666. The molecule has 0 aliphatic heterocycles. The summed E-state index contributed by atoms with van der Waals surface area (Å²) in [7, 11) is 1.44. The fourth-order valence-electron chi connectivity index (χ4n) is 1.72. The molecule has 0 saturated carbocycles. The van der Waals surface area contributed by atoms with Crippen LogP contribution >= 0.6 is 23.2 Å². The monoisotopic (exact) mass is 352 g/mol. The molecule has 1 aromatic heterocycles. The Kier molecular flexibility index (Phi) is 4.37. The van der Waals surface area contributed by atoms with Gasteiger partial charge in [0.05, 0.1) is 28.2 Å². The summed E-state index contributed by atoms with van der Waals surface area (Å²) in [4.78, 5) is 12.1. The van der Waals surface area contributed by atoms with Crippen molar-refractivity contribution in [3.8, 4) is 5.69 Å². The lowest BCUT2D eigenvalue weighted by Crippen LogP contribution is -2.30. The summed E-state index contributed by atoms with van der Waals surface area (Å²) in [6.07, 6.45) is -3.48. The molecule has 1 aromatic carbocycles. The fourth-order valence-corrected chi connectivity index (χ4v) is 2.20. The van der Waals surface area contributed by atoms with E-state index < -0.39 is 22.3 Å². The van der Waals surface area contributed by atoms with Gasteiger partial charge >= 0.3 is 6.18 Å². The smallest absolute Gasteiger partial charge is 0.311 e. The summed E-state index contributed by atoms with van der Waals surface area (Å²) in [6.45, 7) is 0. The van der Waals surface area contributed by atoms with Crippen LogP contribution in [0.1, 0.15) is 5.56 Å². The van der Waals surface area contributed by atoms with Gasteiger partial charge in [-0.3, -0.25) is 4.79 Å². The van der Waals surface area contributed by atoms with Crippen LogP contribution in [0.5, 0.6) is 0 Å². The van der Waals surface area contributed by atoms with Crippen LogP contribution in [0.25, 0.3) is 5.69 Å². The van der Waals surface area contributed by atoms with Gasteiger partial charge < -0.3 is 5.01 Å². The molecule has 0 aliphatic carbocycles. The van der Waals surface area contributed by atoms with E-state index in [0.29, 0.717) is 0 Å². The molecule has 0 bridgehead atoms. The Bertz CT molecular complexity index is 774. The van der Waals surface area contributed by atoms with Gasteiger partial charge in [0.15, 0.2) is 0 Å². The number of anilines is 1. The second-order valence-corrected chi connectivity index (χ2v) is 5.12. The Morgan fingerprint density at radius 2 is 1.95 bits per heavy atom. The molecule has 118 valence electrons. The number of alkyl halides is 3. The summed E-state index contributed by atoms with van der Waals surface area (Å²) in [5.74, 6) is 5.47. The standard InChI is InChI=1S/C12H9Cl2F3N4O/c1-20(18)9-5-19-21(11(22)10(9)14)6-2-3-8(13)7(4-6)12(15,16)17/h2-5H,18H2,1H3. The lowest BCUT2D eigenvalue weighted by atomic mass is 10.2. The Labute approximate surface area is 132 Å². The second-order valence-electron chi connectivity index (χ2n) is 4.33. The van der Waals surface area contributed by atoms with E-state index in [1.54, 1.807) is 0 Å². The van der Waals surface area contributed by atoms with Gasteiger partial charge in [0.2, 0.25) is 0 Å². The van der Waals surface area contributed by atoms with Crippen molar-refractivity contribution in [1.82, 2.24) is 9.78 Å². The molecule has 0 saturated heterocycles. The van der Waals surface area contributed by atoms with Gasteiger partial charge in [-0.1, -0.05) is 23.2 Å². The molecule has 0 atom stereocenters. The summed E-state index contributed by atoms with van der Waals surface area (Å²) < 4.78 is 39.3. The highest BCUT2D eigenvalue weighted by Gasteiger charge is 2.33. The van der Waals surface area contributed by atoms with Gasteiger partial charge in [0, 0.05) is 7.05 Å². The summed E-state index contributed by atoms with van der Waals surface area (Å²) >= 11 is 11.4. The molecule has 22 heavy (non-hydrogen) atoms. The lowest BCUT2D eigenvalue weighted by Gasteiger charge is -2.15. The van der Waals surface area contributed by atoms with E-state index in [0.717, 1.165) is 21.8 Å². The topological polar surface area (TPSA) is 64.2 Å². The maximum atomic E-state index is 12.9. The number of halogens is 5. The molecule has 5 nitrogen and oxygen atoms in total. The first kappa shape index (κ1) is 16.6. The van der Waals surface area contributed by atoms with Gasteiger partial charge in [-0.05, 0) is 18.2 Å². The van der Waals surface area contributed by atoms with Crippen LogP contribution in [0.2, 0.25) is 10.0 Å². The van der Waals surface area contributed by atoms with Crippen LogP contribution in [0.4, 0.5) is 18.9 Å². The van der Waals surface area contributed by atoms with Crippen LogP contribution in [-0.2, 0) is 6.18 Å². The number of benzene rings is 1. The molecule has 0 radical (unpaired) electrons. The fraction of sp³-hybridized carbons (Fsp3) is 0.167. The molecular formula is C12H9Cl2F3N4O. The average molecular weight is 353 g/mol. The number of hydrogen-bond donors (Lipinski definition) is 1. The number of hydrogen-bond acceptors (Lipinski definition) is 4. The molecular weight excluding hydrogens is 344 g/mol. The van der Waals surface area contributed by atoms with Crippen molar-refractivity contribution >= 4 is 28.9 Å². The minimum atomic E-state index is -4.65. The lowest BCUT2D eigenvalue weighted by molar-refractivity contribution is -0.137. The number of hydrazine groups is 1. The number of rotatable bonds is 2. The zero-order valence-electron chi connectivity index (χ0n) is 11.0. The number of aromatic nitrogens is 2. The van der Waals surface area contributed by atoms with Crippen LogP contribution < -0.4 is 16.4 Å². The predicted octanol–water partition coefficient (Wildman–Crippen LogP) is 2.87. The van der Waals surface area contributed by atoms with Gasteiger partial charge in [-0.15, -0.1) is 0 Å². The van der Waals surface area contributed by atoms with Crippen molar-refractivity contribution in [3.63, 3.8) is 0 Å². The van der Waals surface area contributed by atoms with E-state index in [4.69, 9.17) is 29.0 Å². The van der Waals surface area contributed by atoms with Crippen molar-refractivity contribution in [2.75, 3.05) is 12.1 Å². The zero-order valence-corrected chi connectivity index (χ0v) is 12.5. The normalized spacial score (nSPS) is 11.6. The van der Waals surface area contributed by atoms with Crippen molar-refractivity contribution in [1.29, 1.82) is 0 Å². The van der Waals surface area contributed by atoms with Crippen molar-refractivity contribution in [2.24, 2.45) is 5.84 Å². The largest absolute Gasteiger partial charge is 0.417 e. The van der Waals surface area contributed by atoms with Crippen molar-refractivity contribution in [2.45, 2.75) is 6.18 Å². The summed E-state index contributed by atoms with van der Waals surface area (Å²) in [6, 6.07) is 2.98. The van der Waals surface area contributed by atoms with Gasteiger partial charge in [-0.2, -0.15) is 23.0 Å². The summed E-state index contributed by atoms with van der Waals surface area (Å²) in [5, 5.41) is 4.11. The third-order valence-corrected chi connectivity index (χ3v) is 3.47. The highest BCUT2D eigenvalue weighted by atomic mass is 35.5. The predicted molar refractivity (Wildman–Crippen MR) is 77.4 cm³/mol. The van der Waals surface area contributed by atoms with Crippen LogP contribution in [-0.4, -0.2) is 16.8 Å². The molecule has 0 fully saturated rings. The van der Waals surface area contributed by atoms with Crippen LogP contribution in [0.3, 0.4) is 0 Å². The highest BCUT2D eigenvalue weighted by molar-refractivity contribution is 6.33. The number of nitrogens with zero attached hydrogens (tertiary/aromatic N) is 3. The minimum absolute atomic E-state index is 0.116. The zero-order chi connectivity index (χ0) is 16.7. The van der Waals surface area contributed by atoms with Crippen molar-refractivity contribution < 1.29 is 13.2 Å². The molecule has 2 rings (SSSR count). The molecule has 0 aliphatic rings. The molecule has 2 N–H and O–H groups in total. The second kappa shape index (κ2) is 5.79. The Hall–Kier alpha value is -1.77. The van der Waals surface area contributed by atoms with E-state index in [1.807, 2.05) is 0 Å². The minimum Gasteiger partial charge on any atom is -0.311 e. The Morgan fingerprint density at radius 1 is 1.32 bits per heavy atom. The van der Waals surface area contributed by atoms with E-state index in [-0.39, 0.29) is 16.4 Å². The molecule has 1 heterocycles. The van der Waals surface area contributed by atoms with E-state index >= 15 is 0 Å². The van der Waals surface area contributed by atoms with Gasteiger partial charge in [-0.25, -0.2) is 5.84 Å². The molecule has 0 unspecified atom stereocenters. The molecule has 2 aromatic rings. The summed E-state index contributed by atoms with van der Waals surface area (Å²) in [5.41, 5.74) is -1.84. The molecule has 0 spiro atoms. The van der Waals surface area contributed by atoms with Gasteiger partial charge in [0.25, 0.3) is 5.56 Å². The van der Waals surface area contributed by atoms with Crippen molar-refractivity contribution in [3.05, 3.63) is 50.4 Å². The average Bonchev–Trinajstić information content (AvgIpc) is 2.41. The van der Waals surface area contributed by atoms with Gasteiger partial charge in [0.1, 0.15) is 5.02 Å². The first-order valence-corrected chi connectivity index (χ1v) is 6.52. The first-order chi connectivity index (χ1) is 10.1. The Morgan fingerprint density at radius 3 is 2.50 bits per heavy atom. The third kappa shape index (κ3) is 3.03. The molecule has 0 amide bonds. The maximum absolute atomic E-state index is 12.9. The SMILES string of the molecule is CN(N)c1cnn(-c2ccc(Cl)c(C(F)(F)F)c2)c(=O)c1Cl. The Balaban J connectivity index is 2.64. The van der Waals surface area contributed by atoms with E-state index in [2.05, 4.69) is 5.10 Å². The van der Waals surface area contributed by atoms with E-state index in [1.165, 1.54) is 19.3 Å². The van der Waals surface area contributed by atoms with Crippen LogP contribution in [0.15, 0.2) is 29.2 Å². The number of nitrogens with two attached hydrogens (primary N) is 1. The van der Waals surface area contributed by atoms with Crippen LogP contribution in [0, 0.1) is 0 Å². The molecule has 10 heteroatoms. The van der Waals surface area contributed by atoms with E-state index in [9.17, 15) is 18.0 Å².